The molecule has 2 aliphatic rings. The van der Waals surface area contributed by atoms with Gasteiger partial charge in [-0.2, -0.15) is 0 Å². The Morgan fingerprint density at radius 3 is 2.63 bits per heavy atom. The number of fused-ring (bicyclic) bond motifs is 2. The first-order chi connectivity index (χ1) is 13.2. The van der Waals surface area contributed by atoms with Crippen LogP contribution in [0.4, 0.5) is 5.69 Å². The van der Waals surface area contributed by atoms with Crippen molar-refractivity contribution in [3.05, 3.63) is 52.2 Å². The molecule has 4 atom stereocenters. The lowest BCUT2D eigenvalue weighted by molar-refractivity contribution is -0.973. The predicted octanol–water partition coefficient (Wildman–Crippen LogP) is 3.77. The number of anilines is 1. The molecule has 144 valence electrons. The lowest BCUT2D eigenvalue weighted by atomic mass is 9.81. The van der Waals surface area contributed by atoms with Gasteiger partial charge >= 0.3 is 0 Å². The van der Waals surface area contributed by atoms with Crippen LogP contribution in [0.5, 0.6) is 0 Å². The SMILES string of the molecule is CCc1ccccc1NC(=S)NC1C[C@H]2CCC[C@@H](C1)[NH+]2Cc1cccs1. The van der Waals surface area contributed by atoms with Crippen LogP contribution in [-0.4, -0.2) is 23.2 Å². The summed E-state index contributed by atoms with van der Waals surface area (Å²) in [7, 11) is 0. The van der Waals surface area contributed by atoms with Crippen LogP contribution in [0.25, 0.3) is 0 Å². The fraction of sp³-hybridized carbons (Fsp3) is 0.500. The van der Waals surface area contributed by atoms with Crippen molar-refractivity contribution >= 4 is 34.4 Å². The molecule has 2 aliphatic heterocycles. The second-order valence-corrected chi connectivity index (χ2v) is 9.37. The number of quaternary nitrogens is 1. The molecule has 0 radical (unpaired) electrons. The Kier molecular flexibility index (Phi) is 6.11. The Balaban J connectivity index is 1.36. The molecule has 5 heteroatoms. The monoisotopic (exact) mass is 400 g/mol. The number of aryl methyl sites for hydroxylation is 1. The summed E-state index contributed by atoms with van der Waals surface area (Å²) in [4.78, 5) is 3.35. The van der Waals surface area contributed by atoms with Gasteiger partial charge in [-0.3, -0.25) is 0 Å². The molecule has 2 bridgehead atoms. The van der Waals surface area contributed by atoms with Crippen LogP contribution >= 0.6 is 23.6 Å². The zero-order valence-electron chi connectivity index (χ0n) is 16.0. The molecular formula is C22H30N3S2+. The number of hydrogen-bond donors (Lipinski definition) is 3. The molecule has 0 amide bonds. The van der Waals surface area contributed by atoms with Gasteiger partial charge in [0.1, 0.15) is 6.54 Å². The fourth-order valence-corrected chi connectivity index (χ4v) is 5.97. The summed E-state index contributed by atoms with van der Waals surface area (Å²) >= 11 is 7.56. The van der Waals surface area contributed by atoms with Gasteiger partial charge in [-0.05, 0) is 61.0 Å². The smallest absolute Gasteiger partial charge is 0.171 e. The first kappa shape index (κ1) is 18.9. The van der Waals surface area contributed by atoms with Gasteiger partial charge < -0.3 is 15.5 Å². The van der Waals surface area contributed by atoms with Crippen LogP contribution in [0.3, 0.4) is 0 Å². The third-order valence-electron chi connectivity index (χ3n) is 6.23. The van der Waals surface area contributed by atoms with Gasteiger partial charge in [-0.1, -0.05) is 31.2 Å². The number of rotatable bonds is 5. The topological polar surface area (TPSA) is 28.5 Å². The summed E-state index contributed by atoms with van der Waals surface area (Å²) in [6.07, 6.45) is 7.58. The van der Waals surface area contributed by atoms with Crippen LogP contribution in [0.15, 0.2) is 41.8 Å². The molecule has 2 aromatic rings. The average molecular weight is 401 g/mol. The van der Waals surface area contributed by atoms with E-state index in [4.69, 9.17) is 12.2 Å². The normalized spacial score (nSPS) is 27.1. The van der Waals surface area contributed by atoms with Crippen LogP contribution in [0, 0.1) is 0 Å². The van der Waals surface area contributed by atoms with Crippen molar-refractivity contribution in [2.75, 3.05) is 5.32 Å². The molecule has 2 saturated heterocycles. The van der Waals surface area contributed by atoms with E-state index in [9.17, 15) is 0 Å². The van der Waals surface area contributed by atoms with Gasteiger partial charge in [0.05, 0.1) is 17.0 Å². The summed E-state index contributed by atoms with van der Waals surface area (Å²) in [5.41, 5.74) is 2.45. The van der Waals surface area contributed by atoms with E-state index in [1.807, 2.05) is 16.2 Å². The maximum absolute atomic E-state index is 5.65. The van der Waals surface area contributed by atoms with Crippen molar-refractivity contribution in [1.29, 1.82) is 0 Å². The standard InChI is InChI=1S/C22H29N3S2/c1-2-16-7-3-4-11-21(16)24-22(26)23-17-13-18-8-5-9-19(14-17)25(18)15-20-10-6-12-27-20/h3-4,6-7,10-12,17-19H,2,5,8-9,13-15H2,1H3,(H2,23,24,26)/p+1/t17?,18-,19+. The first-order valence-electron chi connectivity index (χ1n) is 10.3. The highest BCUT2D eigenvalue weighted by Gasteiger charge is 2.42. The lowest BCUT2D eigenvalue weighted by Crippen LogP contribution is -3.20. The minimum Gasteiger partial charge on any atom is -0.359 e. The summed E-state index contributed by atoms with van der Waals surface area (Å²) in [6.45, 7) is 3.39. The molecular weight excluding hydrogens is 370 g/mol. The summed E-state index contributed by atoms with van der Waals surface area (Å²) in [6, 6.07) is 15.0. The minimum atomic E-state index is 0.501. The van der Waals surface area contributed by atoms with E-state index in [1.54, 1.807) is 0 Å². The maximum atomic E-state index is 5.65. The van der Waals surface area contributed by atoms with Gasteiger partial charge in [0.25, 0.3) is 0 Å². The molecule has 1 aromatic carbocycles. The number of para-hydroxylation sites is 1. The Labute approximate surface area is 172 Å². The molecule has 3 N–H and O–H groups in total. The molecule has 27 heavy (non-hydrogen) atoms. The molecule has 0 saturated carbocycles. The average Bonchev–Trinajstić information content (AvgIpc) is 3.16. The summed E-state index contributed by atoms with van der Waals surface area (Å²) in [5.74, 6) is 0. The highest BCUT2D eigenvalue weighted by Crippen LogP contribution is 2.24. The van der Waals surface area contributed by atoms with Crippen molar-refractivity contribution in [2.45, 2.75) is 70.1 Å². The van der Waals surface area contributed by atoms with Crippen molar-refractivity contribution in [2.24, 2.45) is 0 Å². The highest BCUT2D eigenvalue weighted by atomic mass is 32.1. The van der Waals surface area contributed by atoms with Crippen molar-refractivity contribution in [3.63, 3.8) is 0 Å². The number of piperidine rings is 2. The molecule has 2 fully saturated rings. The molecule has 0 aliphatic carbocycles. The van der Waals surface area contributed by atoms with Gasteiger partial charge in [0.15, 0.2) is 5.11 Å². The summed E-state index contributed by atoms with van der Waals surface area (Å²) < 4.78 is 0. The Bertz CT molecular complexity index is 745. The first-order valence-corrected chi connectivity index (χ1v) is 11.5. The lowest BCUT2D eigenvalue weighted by Gasteiger charge is -2.46. The largest absolute Gasteiger partial charge is 0.359 e. The number of nitrogens with one attached hydrogen (secondary N) is 3. The van der Waals surface area contributed by atoms with E-state index in [-0.39, 0.29) is 0 Å². The van der Waals surface area contributed by atoms with Crippen LogP contribution in [0.1, 0.15) is 49.5 Å². The predicted molar refractivity (Wildman–Crippen MR) is 119 cm³/mol. The minimum absolute atomic E-state index is 0.501. The number of hydrogen-bond acceptors (Lipinski definition) is 2. The van der Waals surface area contributed by atoms with E-state index < -0.39 is 0 Å². The van der Waals surface area contributed by atoms with Gasteiger partial charge in [-0.25, -0.2) is 0 Å². The van der Waals surface area contributed by atoms with E-state index in [0.717, 1.165) is 29.3 Å². The van der Waals surface area contributed by atoms with Crippen LogP contribution in [-0.2, 0) is 13.0 Å². The van der Waals surface area contributed by atoms with E-state index in [0.29, 0.717) is 6.04 Å². The van der Waals surface area contributed by atoms with E-state index >= 15 is 0 Å². The second kappa shape index (κ2) is 8.72. The van der Waals surface area contributed by atoms with E-state index in [1.165, 1.54) is 49.1 Å². The zero-order valence-corrected chi connectivity index (χ0v) is 17.7. The summed E-state index contributed by atoms with van der Waals surface area (Å²) in [5, 5.41) is 10.1. The fourth-order valence-electron chi connectivity index (χ4n) is 4.95. The van der Waals surface area contributed by atoms with Crippen LogP contribution in [0.2, 0.25) is 0 Å². The van der Waals surface area contributed by atoms with Gasteiger partial charge in [-0.15, -0.1) is 11.3 Å². The molecule has 4 rings (SSSR count). The number of benzene rings is 1. The number of thiocarbonyl (C=S) groups is 1. The van der Waals surface area contributed by atoms with Crippen molar-refractivity contribution in [3.8, 4) is 0 Å². The third kappa shape index (κ3) is 4.53. The van der Waals surface area contributed by atoms with E-state index in [2.05, 4.69) is 59.3 Å². The Morgan fingerprint density at radius 2 is 1.93 bits per heavy atom. The van der Waals surface area contributed by atoms with Gasteiger partial charge in [0, 0.05) is 24.6 Å². The molecule has 0 spiro atoms. The quantitative estimate of drug-likeness (QED) is 0.668. The maximum Gasteiger partial charge on any atom is 0.171 e. The van der Waals surface area contributed by atoms with Gasteiger partial charge in [0.2, 0.25) is 0 Å². The van der Waals surface area contributed by atoms with Crippen molar-refractivity contribution in [1.82, 2.24) is 5.32 Å². The number of thiophene rings is 1. The Morgan fingerprint density at radius 1 is 1.15 bits per heavy atom. The molecule has 3 heterocycles. The molecule has 1 aromatic heterocycles. The highest BCUT2D eigenvalue weighted by molar-refractivity contribution is 7.80. The Hall–Kier alpha value is -1.43. The molecule has 2 unspecified atom stereocenters. The second-order valence-electron chi connectivity index (χ2n) is 7.93. The zero-order chi connectivity index (χ0) is 18.6. The van der Waals surface area contributed by atoms with Crippen LogP contribution < -0.4 is 15.5 Å². The van der Waals surface area contributed by atoms with Crippen molar-refractivity contribution < 1.29 is 4.90 Å². The third-order valence-corrected chi connectivity index (χ3v) is 7.33. The molecule has 3 nitrogen and oxygen atoms in total.